The van der Waals surface area contributed by atoms with Crippen LogP contribution in [0.15, 0.2) is 6.33 Å². The van der Waals surface area contributed by atoms with Gasteiger partial charge < -0.3 is 14.4 Å². The molecule has 0 amide bonds. The van der Waals surface area contributed by atoms with E-state index in [2.05, 4.69) is 20.0 Å². The van der Waals surface area contributed by atoms with Crippen molar-refractivity contribution in [1.82, 2.24) is 24.6 Å². The number of halogens is 2. The number of nitrogens with one attached hydrogen (secondary N) is 1. The quantitative estimate of drug-likeness (QED) is 0.447. The van der Waals surface area contributed by atoms with E-state index in [0.717, 1.165) is 6.92 Å². The van der Waals surface area contributed by atoms with Gasteiger partial charge in [-0.2, -0.15) is 0 Å². The first-order valence-corrected chi connectivity index (χ1v) is 12.6. The molecule has 1 unspecified atom stereocenters. The molecule has 194 valence electrons. The zero-order chi connectivity index (χ0) is 25.9. The smallest absolute Gasteiger partial charge is 0.407 e. The zero-order valence-electron chi connectivity index (χ0n) is 20.5. The van der Waals surface area contributed by atoms with Gasteiger partial charge in [-0.05, 0) is 34.6 Å². The van der Waals surface area contributed by atoms with E-state index >= 15 is 8.78 Å². The number of anilines is 1. The summed E-state index contributed by atoms with van der Waals surface area (Å²) in [6.07, 6.45) is -2.67. The lowest BCUT2D eigenvalue weighted by atomic mass is 9.97. The summed E-state index contributed by atoms with van der Waals surface area (Å²) in [6.45, 7) is 6.51. The standard InChI is InChI=1S/C20H29F2N6O6P/c1-10(2)32-16(29)11(3)26-35(30)31-8-20(22)17(34-35)19(5,21)18(33-20)28-9-23-13-14(27(6)7)24-12(4)25-15(13)28/h9-11,17-18H,8H2,1-7H3,(H,26,30)/t11-,17-,18+,19+,20+,35?/m0/s1. The van der Waals surface area contributed by atoms with Crippen LogP contribution in [0.2, 0.25) is 0 Å². The predicted molar refractivity (Wildman–Crippen MR) is 120 cm³/mol. The highest BCUT2D eigenvalue weighted by atomic mass is 31.2. The molecule has 0 bridgehead atoms. The minimum atomic E-state index is -4.31. The summed E-state index contributed by atoms with van der Waals surface area (Å²) in [5.74, 6) is -2.61. The maximum absolute atomic E-state index is 16.2. The maximum Gasteiger partial charge on any atom is 0.407 e. The van der Waals surface area contributed by atoms with Crippen LogP contribution in [-0.2, 0) is 27.9 Å². The zero-order valence-corrected chi connectivity index (χ0v) is 21.4. The Hall–Kier alpha value is -2.25. The van der Waals surface area contributed by atoms with Crippen LogP contribution in [-0.4, -0.2) is 76.0 Å². The molecule has 4 heterocycles. The number of hydrogen-bond donors (Lipinski definition) is 1. The molecule has 2 aromatic rings. The number of hydrogen-bond acceptors (Lipinski definition) is 10. The first-order valence-electron chi connectivity index (χ1n) is 11.0. The van der Waals surface area contributed by atoms with Gasteiger partial charge in [-0.25, -0.2) is 33.4 Å². The molecule has 2 aliphatic heterocycles. The van der Waals surface area contributed by atoms with Crippen LogP contribution in [0.25, 0.3) is 11.2 Å². The average Bonchev–Trinajstić information content (AvgIpc) is 3.23. The summed E-state index contributed by atoms with van der Waals surface area (Å²) in [4.78, 5) is 26.8. The third-order valence-corrected chi connectivity index (χ3v) is 7.28. The highest BCUT2D eigenvalue weighted by Crippen LogP contribution is 2.61. The molecule has 35 heavy (non-hydrogen) atoms. The summed E-state index contributed by atoms with van der Waals surface area (Å²) in [5, 5.41) is 2.38. The van der Waals surface area contributed by atoms with Crippen LogP contribution in [0, 0.1) is 6.92 Å². The van der Waals surface area contributed by atoms with E-state index in [9.17, 15) is 9.36 Å². The number of esters is 1. The summed E-state index contributed by atoms with van der Waals surface area (Å²) in [7, 11) is -0.771. The van der Waals surface area contributed by atoms with Crippen molar-refractivity contribution in [2.75, 3.05) is 25.6 Å². The van der Waals surface area contributed by atoms with Crippen molar-refractivity contribution >= 4 is 30.7 Å². The lowest BCUT2D eigenvalue weighted by Crippen LogP contribution is -2.52. The fourth-order valence-electron chi connectivity index (χ4n) is 4.06. The maximum atomic E-state index is 16.2. The topological polar surface area (TPSA) is 130 Å². The van der Waals surface area contributed by atoms with Crippen molar-refractivity contribution in [1.29, 1.82) is 0 Å². The fourth-order valence-corrected chi connectivity index (χ4v) is 5.82. The molecule has 0 aliphatic carbocycles. The van der Waals surface area contributed by atoms with E-state index < -0.39 is 56.3 Å². The molecule has 4 rings (SSSR count). The number of imidazole rings is 1. The SMILES string of the molecule is Cc1nc(N(C)C)c2ncn([C@@H]3O[C@]4(F)COP(=O)(N[C@@H](C)C(=O)OC(C)C)O[C@H]4[C@@]3(C)F)c2n1. The van der Waals surface area contributed by atoms with Gasteiger partial charge in [-0.1, -0.05) is 0 Å². The van der Waals surface area contributed by atoms with Crippen LogP contribution in [0.1, 0.15) is 39.7 Å². The molecular weight excluding hydrogens is 489 g/mol. The molecule has 0 radical (unpaired) electrons. The van der Waals surface area contributed by atoms with Gasteiger partial charge in [0.05, 0.1) is 12.4 Å². The summed E-state index contributed by atoms with van der Waals surface area (Å²) < 4.78 is 67.4. The average molecular weight is 518 g/mol. The van der Waals surface area contributed by atoms with E-state index in [0.29, 0.717) is 17.2 Å². The highest BCUT2D eigenvalue weighted by molar-refractivity contribution is 7.51. The van der Waals surface area contributed by atoms with Gasteiger partial charge in [0.2, 0.25) is 0 Å². The Labute approximate surface area is 200 Å². The molecule has 0 saturated carbocycles. The minimum absolute atomic E-state index is 0.226. The molecule has 2 saturated heterocycles. The Balaban J connectivity index is 1.64. The third kappa shape index (κ3) is 4.53. The van der Waals surface area contributed by atoms with E-state index in [1.807, 2.05) is 0 Å². The van der Waals surface area contributed by atoms with Crippen molar-refractivity contribution in [2.45, 2.75) is 70.6 Å². The molecule has 2 aliphatic rings. The van der Waals surface area contributed by atoms with Crippen LogP contribution >= 0.6 is 7.75 Å². The monoisotopic (exact) mass is 518 g/mol. The van der Waals surface area contributed by atoms with Crippen molar-refractivity contribution < 1.29 is 36.7 Å². The first kappa shape index (κ1) is 25.8. The van der Waals surface area contributed by atoms with Gasteiger partial charge in [-0.3, -0.25) is 18.4 Å². The Kier molecular flexibility index (Phi) is 6.42. The van der Waals surface area contributed by atoms with E-state index in [1.54, 1.807) is 39.8 Å². The second-order valence-electron chi connectivity index (χ2n) is 9.31. The highest BCUT2D eigenvalue weighted by Gasteiger charge is 2.70. The van der Waals surface area contributed by atoms with Gasteiger partial charge in [0.25, 0.3) is 5.85 Å². The molecule has 0 aromatic carbocycles. The molecule has 2 fully saturated rings. The van der Waals surface area contributed by atoms with E-state index in [-0.39, 0.29) is 5.65 Å². The molecule has 6 atom stereocenters. The van der Waals surface area contributed by atoms with Crippen LogP contribution in [0.3, 0.4) is 0 Å². The normalized spacial score (nSPS) is 33.7. The lowest BCUT2D eigenvalue weighted by molar-refractivity contribution is -0.214. The Bertz CT molecular complexity index is 1190. The van der Waals surface area contributed by atoms with Crippen molar-refractivity contribution in [3.63, 3.8) is 0 Å². The number of rotatable bonds is 6. The van der Waals surface area contributed by atoms with Gasteiger partial charge in [0, 0.05) is 14.1 Å². The van der Waals surface area contributed by atoms with Gasteiger partial charge in [0.15, 0.2) is 35.0 Å². The Morgan fingerprint density at radius 1 is 1.34 bits per heavy atom. The Morgan fingerprint density at radius 3 is 2.66 bits per heavy atom. The molecule has 15 heteroatoms. The number of carbonyl (C=O) groups is 1. The second kappa shape index (κ2) is 8.70. The number of ether oxygens (including phenoxy) is 2. The lowest BCUT2D eigenvalue weighted by Gasteiger charge is -2.37. The van der Waals surface area contributed by atoms with Crippen LogP contribution in [0.4, 0.5) is 14.6 Å². The molecular formula is C20H29F2N6O6P. The number of aromatic nitrogens is 4. The van der Waals surface area contributed by atoms with Gasteiger partial charge in [0.1, 0.15) is 18.5 Å². The number of carbonyl (C=O) groups excluding carboxylic acids is 1. The van der Waals surface area contributed by atoms with E-state index in [1.165, 1.54) is 17.8 Å². The fraction of sp³-hybridized carbons (Fsp3) is 0.700. The van der Waals surface area contributed by atoms with Crippen molar-refractivity contribution in [2.24, 2.45) is 0 Å². The van der Waals surface area contributed by atoms with E-state index in [4.69, 9.17) is 18.5 Å². The molecule has 1 N–H and O–H groups in total. The summed E-state index contributed by atoms with van der Waals surface area (Å²) in [5.41, 5.74) is -1.95. The third-order valence-electron chi connectivity index (χ3n) is 5.62. The molecule has 12 nitrogen and oxygen atoms in total. The predicted octanol–water partition coefficient (Wildman–Crippen LogP) is 2.58. The van der Waals surface area contributed by atoms with Crippen LogP contribution in [0.5, 0.6) is 0 Å². The van der Waals surface area contributed by atoms with Gasteiger partial charge in [-0.15, -0.1) is 0 Å². The van der Waals surface area contributed by atoms with Crippen molar-refractivity contribution in [3.8, 4) is 0 Å². The largest absolute Gasteiger partial charge is 0.462 e. The second-order valence-corrected chi connectivity index (χ2v) is 11.0. The Morgan fingerprint density at radius 2 is 2.03 bits per heavy atom. The summed E-state index contributed by atoms with van der Waals surface area (Å²) >= 11 is 0. The first-order chi connectivity index (χ1) is 16.2. The van der Waals surface area contributed by atoms with Crippen LogP contribution < -0.4 is 9.99 Å². The number of aryl methyl sites for hydroxylation is 1. The number of fused-ring (bicyclic) bond motifs is 2. The number of nitrogens with zero attached hydrogens (tertiary/aromatic N) is 5. The molecule has 2 aromatic heterocycles. The van der Waals surface area contributed by atoms with Crippen molar-refractivity contribution in [3.05, 3.63) is 12.2 Å². The van der Waals surface area contributed by atoms with Gasteiger partial charge >= 0.3 is 13.7 Å². The minimum Gasteiger partial charge on any atom is -0.462 e. The summed E-state index contributed by atoms with van der Waals surface area (Å²) in [6, 6.07) is -1.12. The molecule has 0 spiro atoms. The number of alkyl halides is 2.